The van der Waals surface area contributed by atoms with Crippen molar-refractivity contribution in [1.82, 2.24) is 4.90 Å². The molecule has 0 atom stereocenters. The Kier molecular flexibility index (Phi) is 8.00. The number of methoxy groups -OCH3 is 2. The quantitative estimate of drug-likeness (QED) is 0.510. The van der Waals surface area contributed by atoms with Crippen LogP contribution in [-0.2, 0) is 9.59 Å². The van der Waals surface area contributed by atoms with E-state index in [-0.39, 0.29) is 59.5 Å². The number of nitrogens with zero attached hydrogens (tertiary/aromatic N) is 1. The second-order valence-corrected chi connectivity index (χ2v) is 7.80. The summed E-state index contributed by atoms with van der Waals surface area (Å²) in [4.78, 5) is 38.2. The molecular weight excluding hydrogens is 452 g/mol. The normalized spacial score (nSPS) is 12.6. The van der Waals surface area contributed by atoms with Gasteiger partial charge in [-0.1, -0.05) is 23.7 Å². The number of hydrogen-bond donors (Lipinski definition) is 2. The summed E-state index contributed by atoms with van der Waals surface area (Å²) in [6, 6.07) is 9.71. The van der Waals surface area contributed by atoms with Crippen LogP contribution in [0.25, 0.3) is 0 Å². The Hall–Kier alpha value is -3.46. The molecule has 2 aromatic rings. The number of aromatic carboxylic acids is 1. The average molecular weight is 477 g/mol. The first-order valence-electron chi connectivity index (χ1n) is 10.3. The molecule has 2 N–H and O–H groups in total. The highest BCUT2D eigenvalue weighted by Crippen LogP contribution is 2.32. The third-order valence-corrected chi connectivity index (χ3v) is 5.41. The molecule has 0 aliphatic heterocycles. The minimum Gasteiger partial charge on any atom is -0.496 e. The summed E-state index contributed by atoms with van der Waals surface area (Å²) in [5.74, 6) is -0.710. The predicted molar refractivity (Wildman–Crippen MR) is 121 cm³/mol. The van der Waals surface area contributed by atoms with E-state index < -0.39 is 5.97 Å². The standard InChI is InChI=1S/C23H25ClN2O7/c1-31-18-5-3-4-6-19(18)33-13-22(28)26(14-7-8-14)10-9-21(27)25-17-12-20(32-2)15(23(29)30)11-16(17)24/h3-6,11-12,14H,7-10,13H2,1-2H3,(H,25,27)(H,29,30). The Balaban J connectivity index is 1.58. The van der Waals surface area contributed by atoms with Crippen LogP contribution in [0.2, 0.25) is 5.02 Å². The van der Waals surface area contributed by atoms with Crippen molar-refractivity contribution in [3.05, 3.63) is 47.0 Å². The third-order valence-electron chi connectivity index (χ3n) is 5.10. The Morgan fingerprint density at radius 2 is 1.76 bits per heavy atom. The summed E-state index contributed by atoms with van der Waals surface area (Å²) >= 11 is 6.12. The molecule has 0 spiro atoms. The Labute approximate surface area is 196 Å². The highest BCUT2D eigenvalue weighted by molar-refractivity contribution is 6.34. The molecule has 33 heavy (non-hydrogen) atoms. The van der Waals surface area contributed by atoms with E-state index in [1.165, 1.54) is 26.4 Å². The maximum atomic E-state index is 12.7. The van der Waals surface area contributed by atoms with E-state index in [1.807, 2.05) is 0 Å². The van der Waals surface area contributed by atoms with Gasteiger partial charge >= 0.3 is 5.97 Å². The van der Waals surface area contributed by atoms with Crippen LogP contribution in [-0.4, -0.2) is 61.2 Å². The fourth-order valence-electron chi connectivity index (χ4n) is 3.28. The van der Waals surface area contributed by atoms with Gasteiger partial charge in [0, 0.05) is 25.1 Å². The van der Waals surface area contributed by atoms with Gasteiger partial charge in [0.25, 0.3) is 5.91 Å². The molecule has 0 saturated heterocycles. The number of carbonyl (C=O) groups excluding carboxylic acids is 2. The lowest BCUT2D eigenvalue weighted by Crippen LogP contribution is -2.38. The lowest BCUT2D eigenvalue weighted by atomic mass is 10.1. The number of carboxylic acids is 1. The highest BCUT2D eigenvalue weighted by Gasteiger charge is 2.33. The molecule has 10 heteroatoms. The second-order valence-electron chi connectivity index (χ2n) is 7.39. The number of benzene rings is 2. The summed E-state index contributed by atoms with van der Waals surface area (Å²) < 4.78 is 15.9. The summed E-state index contributed by atoms with van der Waals surface area (Å²) in [5.41, 5.74) is 0.119. The molecule has 0 unspecified atom stereocenters. The van der Waals surface area contributed by atoms with E-state index in [4.69, 9.17) is 25.8 Å². The van der Waals surface area contributed by atoms with Crippen molar-refractivity contribution in [2.24, 2.45) is 0 Å². The molecular formula is C23H25ClN2O7. The maximum Gasteiger partial charge on any atom is 0.339 e. The van der Waals surface area contributed by atoms with Crippen molar-refractivity contribution in [1.29, 1.82) is 0 Å². The summed E-state index contributed by atoms with van der Waals surface area (Å²) in [7, 11) is 2.85. The number of anilines is 1. The average Bonchev–Trinajstić information content (AvgIpc) is 3.64. The summed E-state index contributed by atoms with van der Waals surface area (Å²) in [6.07, 6.45) is 1.79. The Bertz CT molecular complexity index is 1040. The molecule has 2 aromatic carbocycles. The molecule has 176 valence electrons. The lowest BCUT2D eigenvalue weighted by Gasteiger charge is -2.22. The Morgan fingerprint density at radius 3 is 2.36 bits per heavy atom. The number of amides is 2. The van der Waals surface area contributed by atoms with Gasteiger partial charge in [-0.15, -0.1) is 0 Å². The molecule has 1 aliphatic rings. The van der Waals surface area contributed by atoms with Gasteiger partial charge in [-0.3, -0.25) is 9.59 Å². The minimum absolute atomic E-state index is 0.0379. The first kappa shape index (κ1) is 24.2. The van der Waals surface area contributed by atoms with Crippen LogP contribution < -0.4 is 19.5 Å². The smallest absolute Gasteiger partial charge is 0.339 e. The molecule has 3 rings (SSSR count). The molecule has 0 aromatic heterocycles. The number of rotatable bonds is 11. The van der Waals surface area contributed by atoms with Crippen LogP contribution in [0, 0.1) is 0 Å². The molecule has 1 saturated carbocycles. The summed E-state index contributed by atoms with van der Waals surface area (Å²) in [6.45, 7) is 0.0464. The molecule has 0 radical (unpaired) electrons. The topological polar surface area (TPSA) is 114 Å². The van der Waals surface area contributed by atoms with E-state index in [9.17, 15) is 19.5 Å². The largest absolute Gasteiger partial charge is 0.496 e. The van der Waals surface area contributed by atoms with E-state index in [0.29, 0.717) is 11.5 Å². The van der Waals surface area contributed by atoms with Gasteiger partial charge in [0.05, 0.1) is 24.9 Å². The van der Waals surface area contributed by atoms with Crippen molar-refractivity contribution in [3.8, 4) is 17.2 Å². The van der Waals surface area contributed by atoms with Gasteiger partial charge in [0.1, 0.15) is 11.3 Å². The number of hydrogen-bond acceptors (Lipinski definition) is 6. The zero-order chi connectivity index (χ0) is 24.0. The number of carbonyl (C=O) groups is 3. The van der Waals surface area contributed by atoms with Crippen molar-refractivity contribution in [3.63, 3.8) is 0 Å². The van der Waals surface area contributed by atoms with Crippen LogP contribution >= 0.6 is 11.6 Å². The fourth-order valence-corrected chi connectivity index (χ4v) is 3.49. The van der Waals surface area contributed by atoms with Crippen molar-refractivity contribution in [2.75, 3.05) is 32.7 Å². The third kappa shape index (κ3) is 6.29. The number of nitrogens with one attached hydrogen (secondary N) is 1. The Morgan fingerprint density at radius 1 is 1.09 bits per heavy atom. The molecule has 9 nitrogen and oxygen atoms in total. The SMILES string of the molecule is COc1ccccc1OCC(=O)N(CCC(=O)Nc1cc(OC)c(C(=O)O)cc1Cl)C1CC1. The predicted octanol–water partition coefficient (Wildman–Crippen LogP) is 3.45. The monoisotopic (exact) mass is 476 g/mol. The van der Waals surface area contributed by atoms with E-state index >= 15 is 0 Å². The van der Waals surface area contributed by atoms with Gasteiger partial charge < -0.3 is 29.5 Å². The minimum atomic E-state index is -1.19. The van der Waals surface area contributed by atoms with Gasteiger partial charge in [-0.2, -0.15) is 0 Å². The summed E-state index contributed by atoms with van der Waals surface area (Å²) in [5, 5.41) is 11.9. The molecule has 1 aliphatic carbocycles. The highest BCUT2D eigenvalue weighted by atomic mass is 35.5. The first-order chi connectivity index (χ1) is 15.8. The van der Waals surface area contributed by atoms with Crippen LogP contribution in [0.3, 0.4) is 0 Å². The number of para-hydroxylation sites is 2. The van der Waals surface area contributed by atoms with E-state index in [0.717, 1.165) is 12.8 Å². The van der Waals surface area contributed by atoms with Crippen LogP contribution in [0.15, 0.2) is 36.4 Å². The van der Waals surface area contributed by atoms with E-state index in [2.05, 4.69) is 5.32 Å². The first-order valence-corrected chi connectivity index (χ1v) is 10.7. The molecule has 0 heterocycles. The van der Waals surface area contributed by atoms with Gasteiger partial charge in [0.2, 0.25) is 5.91 Å². The van der Waals surface area contributed by atoms with Crippen LogP contribution in [0.4, 0.5) is 5.69 Å². The number of halogens is 1. The fraction of sp³-hybridized carbons (Fsp3) is 0.348. The van der Waals surface area contributed by atoms with Gasteiger partial charge in [-0.25, -0.2) is 4.79 Å². The van der Waals surface area contributed by atoms with Crippen molar-refractivity contribution in [2.45, 2.75) is 25.3 Å². The molecule has 1 fully saturated rings. The van der Waals surface area contributed by atoms with Crippen molar-refractivity contribution < 1.29 is 33.7 Å². The zero-order valence-corrected chi connectivity index (χ0v) is 19.1. The van der Waals surface area contributed by atoms with Crippen LogP contribution in [0.5, 0.6) is 17.2 Å². The lowest BCUT2D eigenvalue weighted by molar-refractivity contribution is -0.134. The zero-order valence-electron chi connectivity index (χ0n) is 18.3. The van der Waals surface area contributed by atoms with Crippen LogP contribution in [0.1, 0.15) is 29.6 Å². The number of carboxylic acid groups (broad SMARTS) is 1. The maximum absolute atomic E-state index is 12.7. The molecule has 2 amide bonds. The second kappa shape index (κ2) is 10.9. The van der Waals surface area contributed by atoms with Crippen molar-refractivity contribution >= 4 is 35.1 Å². The molecule has 0 bridgehead atoms. The van der Waals surface area contributed by atoms with Gasteiger partial charge in [0.15, 0.2) is 18.1 Å². The van der Waals surface area contributed by atoms with E-state index in [1.54, 1.807) is 29.2 Å². The van der Waals surface area contributed by atoms with Gasteiger partial charge in [-0.05, 0) is 31.0 Å². The number of ether oxygens (including phenoxy) is 3.